The molecule has 1 aromatic heterocycles. The summed E-state index contributed by atoms with van der Waals surface area (Å²) in [4.78, 5) is 0. The molecule has 0 radical (unpaired) electrons. The van der Waals surface area contributed by atoms with Gasteiger partial charge in [0.25, 0.3) is 0 Å². The van der Waals surface area contributed by atoms with Crippen LogP contribution in [0.4, 0.5) is 0 Å². The number of halogens is 1. The Kier molecular flexibility index (Phi) is 1.86. The molecule has 0 atom stereocenters. The van der Waals surface area contributed by atoms with Gasteiger partial charge in [0.15, 0.2) is 0 Å². The van der Waals surface area contributed by atoms with E-state index in [9.17, 15) is 0 Å². The SMILES string of the molecule is Brc1cccc2[te]ccc12. The predicted molar refractivity (Wildman–Crippen MR) is 48.6 cm³/mol. The van der Waals surface area contributed by atoms with Crippen LogP contribution in [-0.2, 0) is 0 Å². The van der Waals surface area contributed by atoms with Crippen molar-refractivity contribution in [2.45, 2.75) is 0 Å². The van der Waals surface area contributed by atoms with Gasteiger partial charge in [-0.25, -0.2) is 0 Å². The van der Waals surface area contributed by atoms with E-state index in [1.54, 1.807) is 3.40 Å². The molecule has 0 unspecified atom stereocenters. The third kappa shape index (κ3) is 1.05. The van der Waals surface area contributed by atoms with E-state index in [2.05, 4.69) is 44.3 Å². The van der Waals surface area contributed by atoms with Crippen LogP contribution in [0.1, 0.15) is 0 Å². The molecule has 0 saturated heterocycles. The number of hydrogen-bond donors (Lipinski definition) is 0. The molecule has 2 heteroatoms. The summed E-state index contributed by atoms with van der Waals surface area (Å²) in [6.45, 7) is 0. The number of benzene rings is 1. The Morgan fingerprint density at radius 1 is 1.20 bits per heavy atom. The van der Waals surface area contributed by atoms with E-state index in [1.807, 2.05) is 0 Å². The average molecular weight is 309 g/mol. The summed E-state index contributed by atoms with van der Waals surface area (Å²) in [7, 11) is 0. The molecular formula is C8H5BrTe. The maximum absolute atomic E-state index is 3.52. The molecule has 0 nitrogen and oxygen atoms in total. The summed E-state index contributed by atoms with van der Waals surface area (Å²) in [5, 5.41) is 1.41. The molecule has 1 aromatic carbocycles. The molecule has 50 valence electrons. The number of rotatable bonds is 0. The van der Waals surface area contributed by atoms with Gasteiger partial charge in [0, 0.05) is 0 Å². The van der Waals surface area contributed by atoms with Gasteiger partial charge in [0.1, 0.15) is 0 Å². The third-order valence-corrected chi connectivity index (χ3v) is 4.65. The molecule has 10 heavy (non-hydrogen) atoms. The Morgan fingerprint density at radius 3 is 2.90 bits per heavy atom. The molecule has 0 spiro atoms. The zero-order valence-corrected chi connectivity index (χ0v) is 9.09. The van der Waals surface area contributed by atoms with Crippen molar-refractivity contribution in [3.63, 3.8) is 0 Å². The molecule has 0 aliphatic carbocycles. The second-order valence-electron chi connectivity index (χ2n) is 2.07. The van der Waals surface area contributed by atoms with E-state index < -0.39 is 0 Å². The van der Waals surface area contributed by atoms with Crippen LogP contribution in [0.5, 0.6) is 0 Å². The molecule has 0 aliphatic heterocycles. The van der Waals surface area contributed by atoms with E-state index in [4.69, 9.17) is 0 Å². The van der Waals surface area contributed by atoms with Crippen LogP contribution >= 0.6 is 15.9 Å². The van der Waals surface area contributed by atoms with Crippen LogP contribution in [-0.4, -0.2) is 20.4 Å². The monoisotopic (exact) mass is 310 g/mol. The molecule has 0 aliphatic rings. The van der Waals surface area contributed by atoms with Crippen molar-refractivity contribution in [1.29, 1.82) is 0 Å². The minimum atomic E-state index is 0.0321. The zero-order chi connectivity index (χ0) is 6.97. The van der Waals surface area contributed by atoms with E-state index in [0.29, 0.717) is 0 Å². The van der Waals surface area contributed by atoms with Crippen molar-refractivity contribution < 1.29 is 0 Å². The molecule has 0 N–H and O–H groups in total. The molecule has 0 fully saturated rings. The van der Waals surface area contributed by atoms with Crippen LogP contribution in [0.3, 0.4) is 0 Å². The fourth-order valence-electron chi connectivity index (χ4n) is 0.957. The second kappa shape index (κ2) is 2.70. The zero-order valence-electron chi connectivity index (χ0n) is 5.17. The normalized spacial score (nSPS) is 10.5. The standard InChI is InChI=1S/C8H5BrTe/c9-7-2-1-3-8-6(7)4-5-10-8/h1-5H. The van der Waals surface area contributed by atoms with E-state index >= 15 is 0 Å². The van der Waals surface area contributed by atoms with Gasteiger partial charge in [-0.15, -0.1) is 0 Å². The number of hydrogen-bond acceptors (Lipinski definition) is 0. The van der Waals surface area contributed by atoms with Gasteiger partial charge >= 0.3 is 78.0 Å². The van der Waals surface area contributed by atoms with Crippen LogP contribution in [0.25, 0.3) is 8.79 Å². The molecule has 0 amide bonds. The molecular weight excluding hydrogens is 304 g/mol. The van der Waals surface area contributed by atoms with Crippen LogP contribution in [0.15, 0.2) is 32.8 Å². The molecule has 1 heterocycles. The fourth-order valence-corrected chi connectivity index (χ4v) is 4.18. The Labute approximate surface area is 77.6 Å². The van der Waals surface area contributed by atoms with Gasteiger partial charge in [-0.1, -0.05) is 0 Å². The topological polar surface area (TPSA) is 0 Å². The van der Waals surface area contributed by atoms with Gasteiger partial charge < -0.3 is 0 Å². The Hall–Kier alpha value is 0.230. The van der Waals surface area contributed by atoms with Crippen molar-refractivity contribution in [1.82, 2.24) is 0 Å². The summed E-state index contributed by atoms with van der Waals surface area (Å²) in [6, 6.07) is 8.66. The van der Waals surface area contributed by atoms with E-state index in [1.165, 1.54) is 9.86 Å². The molecule has 0 bridgehead atoms. The summed E-state index contributed by atoms with van der Waals surface area (Å²) in [6.07, 6.45) is 0. The summed E-state index contributed by atoms with van der Waals surface area (Å²) in [5.74, 6) is 0. The minimum absolute atomic E-state index is 0.0321. The second-order valence-corrected chi connectivity index (χ2v) is 5.63. The van der Waals surface area contributed by atoms with Crippen LogP contribution in [0.2, 0.25) is 0 Å². The van der Waals surface area contributed by atoms with Gasteiger partial charge in [-0.05, 0) is 0 Å². The van der Waals surface area contributed by atoms with Crippen molar-refractivity contribution in [2.75, 3.05) is 0 Å². The first kappa shape index (κ1) is 6.91. The summed E-state index contributed by atoms with van der Waals surface area (Å²) >= 11 is 3.55. The van der Waals surface area contributed by atoms with E-state index in [-0.39, 0.29) is 20.4 Å². The maximum atomic E-state index is 3.52. The van der Waals surface area contributed by atoms with Gasteiger partial charge in [0.2, 0.25) is 0 Å². The van der Waals surface area contributed by atoms with Crippen LogP contribution < -0.4 is 0 Å². The van der Waals surface area contributed by atoms with Crippen molar-refractivity contribution in [3.8, 4) is 0 Å². The first-order valence-corrected chi connectivity index (χ1v) is 6.30. The third-order valence-electron chi connectivity index (χ3n) is 1.44. The Balaban J connectivity index is 2.95. The van der Waals surface area contributed by atoms with Gasteiger partial charge in [0.05, 0.1) is 0 Å². The first-order chi connectivity index (χ1) is 4.88. The molecule has 0 saturated carbocycles. The summed E-state index contributed by atoms with van der Waals surface area (Å²) in [5.41, 5.74) is 0. The quantitative estimate of drug-likeness (QED) is 0.657. The average Bonchev–Trinajstić information content (AvgIpc) is 2.36. The Morgan fingerprint density at radius 2 is 2.10 bits per heavy atom. The number of fused-ring (bicyclic) bond motifs is 1. The predicted octanol–water partition coefficient (Wildman–Crippen LogP) is 2.66. The molecule has 2 aromatic rings. The van der Waals surface area contributed by atoms with Gasteiger partial charge in [-0.2, -0.15) is 0 Å². The summed E-state index contributed by atoms with van der Waals surface area (Å²) < 4.78 is 5.11. The fraction of sp³-hybridized carbons (Fsp3) is 0. The van der Waals surface area contributed by atoms with Crippen molar-refractivity contribution in [2.24, 2.45) is 0 Å². The van der Waals surface area contributed by atoms with Gasteiger partial charge in [-0.3, -0.25) is 0 Å². The Bertz CT molecular complexity index is 351. The van der Waals surface area contributed by atoms with Crippen molar-refractivity contribution >= 4 is 45.1 Å². The van der Waals surface area contributed by atoms with Crippen LogP contribution in [0, 0.1) is 0 Å². The van der Waals surface area contributed by atoms with E-state index in [0.717, 1.165) is 0 Å². The van der Waals surface area contributed by atoms with Crippen molar-refractivity contribution in [3.05, 3.63) is 32.8 Å². The molecule has 2 rings (SSSR count). The first-order valence-electron chi connectivity index (χ1n) is 2.99.